The Kier molecular flexibility index (Phi) is 5.45. The first-order valence-electron chi connectivity index (χ1n) is 5.70. The number of rotatable bonds is 5. The van der Waals surface area contributed by atoms with E-state index in [0.717, 1.165) is 0 Å². The van der Waals surface area contributed by atoms with E-state index >= 15 is 0 Å². The SMILES string of the molecule is CC(C)(CCO)CNC(=O)c1cccc(Cl)c1Cl. The lowest BCUT2D eigenvalue weighted by Gasteiger charge is -2.23. The monoisotopic (exact) mass is 289 g/mol. The number of carbonyl (C=O) groups excluding carboxylic acids is 1. The van der Waals surface area contributed by atoms with Crippen LogP contribution in [0.2, 0.25) is 10.0 Å². The van der Waals surface area contributed by atoms with Gasteiger partial charge in [0.05, 0.1) is 15.6 Å². The molecule has 1 amide bonds. The van der Waals surface area contributed by atoms with E-state index in [9.17, 15) is 4.79 Å². The molecule has 0 spiro atoms. The molecule has 0 saturated heterocycles. The summed E-state index contributed by atoms with van der Waals surface area (Å²) in [6.45, 7) is 4.52. The summed E-state index contributed by atoms with van der Waals surface area (Å²) in [6.07, 6.45) is 0.622. The molecule has 0 radical (unpaired) electrons. The van der Waals surface area contributed by atoms with Crippen molar-refractivity contribution in [1.29, 1.82) is 0 Å². The summed E-state index contributed by atoms with van der Waals surface area (Å²) in [5, 5.41) is 12.3. The van der Waals surface area contributed by atoms with Gasteiger partial charge in [-0.1, -0.05) is 43.1 Å². The van der Waals surface area contributed by atoms with Crippen LogP contribution in [0.15, 0.2) is 18.2 Å². The van der Waals surface area contributed by atoms with Gasteiger partial charge in [-0.3, -0.25) is 4.79 Å². The normalized spacial score (nSPS) is 11.4. The lowest BCUT2D eigenvalue weighted by atomic mass is 9.89. The Bertz CT molecular complexity index is 433. The second-order valence-electron chi connectivity index (χ2n) is 4.92. The van der Waals surface area contributed by atoms with Gasteiger partial charge in [-0.2, -0.15) is 0 Å². The molecule has 0 aliphatic rings. The van der Waals surface area contributed by atoms with E-state index in [1.54, 1.807) is 18.2 Å². The van der Waals surface area contributed by atoms with Crippen LogP contribution in [-0.4, -0.2) is 24.2 Å². The molecule has 0 heterocycles. The molecule has 1 rings (SSSR count). The molecule has 0 atom stereocenters. The van der Waals surface area contributed by atoms with Gasteiger partial charge in [0.2, 0.25) is 0 Å². The van der Waals surface area contributed by atoms with Crippen molar-refractivity contribution >= 4 is 29.1 Å². The molecule has 0 fully saturated rings. The van der Waals surface area contributed by atoms with Gasteiger partial charge in [0.15, 0.2) is 0 Å². The van der Waals surface area contributed by atoms with Crippen molar-refractivity contribution in [2.75, 3.05) is 13.2 Å². The van der Waals surface area contributed by atoms with Gasteiger partial charge in [0.1, 0.15) is 0 Å². The van der Waals surface area contributed by atoms with E-state index in [2.05, 4.69) is 5.32 Å². The molecule has 0 unspecified atom stereocenters. The quantitative estimate of drug-likeness (QED) is 0.875. The Labute approximate surface area is 117 Å². The van der Waals surface area contributed by atoms with Crippen molar-refractivity contribution in [3.05, 3.63) is 33.8 Å². The van der Waals surface area contributed by atoms with Crippen LogP contribution in [0.5, 0.6) is 0 Å². The first-order valence-corrected chi connectivity index (χ1v) is 6.46. The molecule has 1 aromatic rings. The first kappa shape index (κ1) is 15.3. The summed E-state index contributed by atoms with van der Waals surface area (Å²) in [6, 6.07) is 4.95. The number of aliphatic hydroxyl groups excluding tert-OH is 1. The number of aliphatic hydroxyl groups is 1. The predicted octanol–water partition coefficient (Wildman–Crippen LogP) is 3.13. The van der Waals surface area contributed by atoms with Crippen molar-refractivity contribution in [2.24, 2.45) is 5.41 Å². The fourth-order valence-corrected chi connectivity index (χ4v) is 1.87. The number of carbonyl (C=O) groups is 1. The van der Waals surface area contributed by atoms with E-state index in [-0.39, 0.29) is 23.0 Å². The molecule has 100 valence electrons. The molecule has 0 aromatic heterocycles. The van der Waals surface area contributed by atoms with Gasteiger partial charge < -0.3 is 10.4 Å². The zero-order valence-electron chi connectivity index (χ0n) is 10.5. The minimum absolute atomic E-state index is 0.0980. The van der Waals surface area contributed by atoms with Gasteiger partial charge in [-0.15, -0.1) is 0 Å². The second-order valence-corrected chi connectivity index (χ2v) is 5.71. The van der Waals surface area contributed by atoms with Crippen LogP contribution in [-0.2, 0) is 0 Å². The molecule has 0 aliphatic carbocycles. The van der Waals surface area contributed by atoms with Crippen LogP contribution >= 0.6 is 23.2 Å². The number of nitrogens with one attached hydrogen (secondary N) is 1. The Morgan fingerprint density at radius 3 is 2.67 bits per heavy atom. The molecular weight excluding hydrogens is 273 g/mol. The third kappa shape index (κ3) is 4.16. The third-order valence-corrected chi connectivity index (χ3v) is 3.53. The van der Waals surface area contributed by atoms with Crippen LogP contribution in [0.4, 0.5) is 0 Å². The largest absolute Gasteiger partial charge is 0.396 e. The lowest BCUT2D eigenvalue weighted by molar-refractivity contribution is 0.0928. The summed E-state index contributed by atoms with van der Waals surface area (Å²) < 4.78 is 0. The van der Waals surface area contributed by atoms with Crippen molar-refractivity contribution in [1.82, 2.24) is 5.32 Å². The molecule has 5 heteroatoms. The van der Waals surface area contributed by atoms with E-state index in [4.69, 9.17) is 28.3 Å². The Morgan fingerprint density at radius 2 is 2.06 bits per heavy atom. The van der Waals surface area contributed by atoms with E-state index in [1.165, 1.54) is 0 Å². The maximum absolute atomic E-state index is 12.0. The summed E-state index contributed by atoms with van der Waals surface area (Å²) in [4.78, 5) is 12.0. The average Bonchev–Trinajstić information content (AvgIpc) is 2.30. The first-order chi connectivity index (χ1) is 8.37. The van der Waals surface area contributed by atoms with Crippen LogP contribution in [0.25, 0.3) is 0 Å². The number of amides is 1. The van der Waals surface area contributed by atoms with Gasteiger partial charge >= 0.3 is 0 Å². The zero-order valence-corrected chi connectivity index (χ0v) is 12.0. The molecular formula is C13H17Cl2NO2. The standard InChI is InChI=1S/C13H17Cl2NO2/c1-13(2,6-7-17)8-16-12(18)9-4-3-5-10(14)11(9)15/h3-5,17H,6-8H2,1-2H3,(H,16,18). The van der Waals surface area contributed by atoms with Gasteiger partial charge in [0, 0.05) is 13.2 Å². The van der Waals surface area contributed by atoms with Crippen molar-refractivity contribution < 1.29 is 9.90 Å². The number of benzene rings is 1. The van der Waals surface area contributed by atoms with Crippen molar-refractivity contribution in [3.63, 3.8) is 0 Å². The van der Waals surface area contributed by atoms with Gasteiger partial charge in [-0.25, -0.2) is 0 Å². The summed E-state index contributed by atoms with van der Waals surface area (Å²) >= 11 is 11.8. The predicted molar refractivity (Wildman–Crippen MR) is 74.3 cm³/mol. The van der Waals surface area contributed by atoms with Crippen LogP contribution in [0.3, 0.4) is 0 Å². The van der Waals surface area contributed by atoms with Crippen molar-refractivity contribution in [3.8, 4) is 0 Å². The number of hydrogen-bond donors (Lipinski definition) is 2. The lowest BCUT2D eigenvalue weighted by Crippen LogP contribution is -2.34. The maximum atomic E-state index is 12.0. The van der Waals surface area contributed by atoms with E-state index in [0.29, 0.717) is 23.6 Å². The molecule has 18 heavy (non-hydrogen) atoms. The molecule has 1 aromatic carbocycles. The Hall–Kier alpha value is -0.770. The second kappa shape index (κ2) is 6.41. The molecule has 3 nitrogen and oxygen atoms in total. The van der Waals surface area contributed by atoms with Crippen LogP contribution < -0.4 is 5.32 Å². The van der Waals surface area contributed by atoms with Gasteiger partial charge in [-0.05, 0) is 24.0 Å². The smallest absolute Gasteiger partial charge is 0.252 e. The van der Waals surface area contributed by atoms with Crippen molar-refractivity contribution in [2.45, 2.75) is 20.3 Å². The van der Waals surface area contributed by atoms with E-state index in [1.807, 2.05) is 13.8 Å². The minimum atomic E-state index is -0.256. The van der Waals surface area contributed by atoms with Gasteiger partial charge in [0.25, 0.3) is 5.91 Å². The molecule has 0 bridgehead atoms. The highest BCUT2D eigenvalue weighted by molar-refractivity contribution is 6.43. The molecule has 0 saturated carbocycles. The summed E-state index contributed by atoms with van der Waals surface area (Å²) in [5.74, 6) is -0.256. The number of hydrogen-bond acceptors (Lipinski definition) is 2. The van der Waals surface area contributed by atoms with Crippen LogP contribution in [0.1, 0.15) is 30.6 Å². The highest BCUT2D eigenvalue weighted by Gasteiger charge is 2.19. The summed E-state index contributed by atoms with van der Waals surface area (Å²) in [5.41, 5.74) is 0.208. The zero-order chi connectivity index (χ0) is 13.8. The third-order valence-electron chi connectivity index (χ3n) is 2.71. The molecule has 2 N–H and O–H groups in total. The summed E-state index contributed by atoms with van der Waals surface area (Å²) in [7, 11) is 0. The highest BCUT2D eigenvalue weighted by atomic mass is 35.5. The number of halogens is 2. The fraction of sp³-hybridized carbons (Fsp3) is 0.462. The average molecular weight is 290 g/mol. The highest BCUT2D eigenvalue weighted by Crippen LogP contribution is 2.25. The Morgan fingerprint density at radius 1 is 1.39 bits per heavy atom. The van der Waals surface area contributed by atoms with Crippen LogP contribution in [0, 0.1) is 5.41 Å². The molecule has 0 aliphatic heterocycles. The van der Waals surface area contributed by atoms with E-state index < -0.39 is 0 Å². The minimum Gasteiger partial charge on any atom is -0.396 e. The topological polar surface area (TPSA) is 49.3 Å². The Balaban J connectivity index is 2.69. The maximum Gasteiger partial charge on any atom is 0.252 e. The fourth-order valence-electron chi connectivity index (χ4n) is 1.48.